The highest BCUT2D eigenvalue weighted by Crippen LogP contribution is 2.38. The molecule has 1 amide bonds. The van der Waals surface area contributed by atoms with E-state index in [2.05, 4.69) is 5.32 Å². The van der Waals surface area contributed by atoms with Gasteiger partial charge in [-0.3, -0.25) is 4.79 Å². The van der Waals surface area contributed by atoms with Crippen LogP contribution in [-0.4, -0.2) is 24.2 Å². The second-order valence-corrected chi connectivity index (χ2v) is 4.98. The molecule has 15 heavy (non-hydrogen) atoms. The molecule has 2 fully saturated rings. The van der Waals surface area contributed by atoms with Gasteiger partial charge < -0.3 is 10.1 Å². The first-order valence-electron chi connectivity index (χ1n) is 6.11. The largest absolute Gasteiger partial charge is 0.375 e. The summed E-state index contributed by atoms with van der Waals surface area (Å²) in [5.41, 5.74) is 0.101. The molecular weight excluding hydrogens is 190 g/mol. The zero-order valence-corrected chi connectivity index (χ0v) is 9.55. The molecule has 1 spiro atoms. The minimum absolute atomic E-state index is 0.0906. The van der Waals surface area contributed by atoms with Crippen LogP contribution in [-0.2, 0) is 9.53 Å². The molecule has 0 radical (unpaired) electrons. The summed E-state index contributed by atoms with van der Waals surface area (Å²) in [6.45, 7) is 2.41. The van der Waals surface area contributed by atoms with E-state index in [1.54, 1.807) is 6.92 Å². The normalized spacial score (nSPS) is 30.1. The van der Waals surface area contributed by atoms with Gasteiger partial charge in [0.25, 0.3) is 0 Å². The van der Waals surface area contributed by atoms with E-state index in [0.29, 0.717) is 6.04 Å². The van der Waals surface area contributed by atoms with Crippen LogP contribution in [0.15, 0.2) is 0 Å². The van der Waals surface area contributed by atoms with Gasteiger partial charge in [-0.2, -0.15) is 0 Å². The van der Waals surface area contributed by atoms with Crippen LogP contribution in [0.5, 0.6) is 0 Å². The molecule has 1 unspecified atom stereocenters. The first-order valence-corrected chi connectivity index (χ1v) is 6.11. The zero-order valence-electron chi connectivity index (χ0n) is 9.55. The van der Waals surface area contributed by atoms with Crippen molar-refractivity contribution in [3.05, 3.63) is 0 Å². The fraction of sp³-hybridized carbons (Fsp3) is 0.917. The van der Waals surface area contributed by atoms with Crippen LogP contribution in [0.3, 0.4) is 0 Å². The van der Waals surface area contributed by atoms with Gasteiger partial charge >= 0.3 is 0 Å². The maximum atomic E-state index is 11.0. The third kappa shape index (κ3) is 2.71. The lowest BCUT2D eigenvalue weighted by Gasteiger charge is -2.43. The topological polar surface area (TPSA) is 38.3 Å². The molecule has 2 aliphatic rings. The van der Waals surface area contributed by atoms with Gasteiger partial charge in [0.2, 0.25) is 5.91 Å². The smallest absolute Gasteiger partial charge is 0.217 e. The summed E-state index contributed by atoms with van der Waals surface area (Å²) in [5.74, 6) is 0.0906. The molecule has 86 valence electrons. The van der Waals surface area contributed by atoms with E-state index in [4.69, 9.17) is 4.74 Å². The molecule has 1 atom stereocenters. The predicted molar refractivity (Wildman–Crippen MR) is 58.6 cm³/mol. The number of amides is 1. The molecule has 1 aliphatic carbocycles. The van der Waals surface area contributed by atoms with Crippen molar-refractivity contribution >= 4 is 5.91 Å². The summed E-state index contributed by atoms with van der Waals surface area (Å²) in [5, 5.41) is 3.03. The van der Waals surface area contributed by atoms with Gasteiger partial charge in [-0.05, 0) is 25.7 Å². The third-order valence-electron chi connectivity index (χ3n) is 3.67. The molecule has 0 bridgehead atoms. The highest BCUT2D eigenvalue weighted by atomic mass is 16.5. The standard InChI is InChI=1S/C12H21NO2/c1-10(14)13-11-5-8-15-12(9-11)6-3-2-4-7-12/h11H,2-9H2,1H3,(H,13,14). The van der Waals surface area contributed by atoms with E-state index in [0.717, 1.165) is 19.4 Å². The molecule has 1 heterocycles. The van der Waals surface area contributed by atoms with Crippen molar-refractivity contribution in [3.63, 3.8) is 0 Å². The molecule has 1 N–H and O–H groups in total. The second-order valence-electron chi connectivity index (χ2n) is 4.98. The zero-order chi connectivity index (χ0) is 10.7. The van der Waals surface area contributed by atoms with E-state index in [9.17, 15) is 4.79 Å². The predicted octanol–water partition coefficient (Wildman–Crippen LogP) is 2.00. The molecule has 0 aromatic carbocycles. The van der Waals surface area contributed by atoms with E-state index >= 15 is 0 Å². The number of ether oxygens (including phenoxy) is 1. The molecule has 1 aliphatic heterocycles. The van der Waals surface area contributed by atoms with Crippen LogP contribution >= 0.6 is 0 Å². The van der Waals surface area contributed by atoms with E-state index in [1.165, 1.54) is 32.1 Å². The number of carbonyl (C=O) groups excluding carboxylic acids is 1. The van der Waals surface area contributed by atoms with Gasteiger partial charge in [-0.15, -0.1) is 0 Å². The fourth-order valence-electron chi connectivity index (χ4n) is 2.98. The van der Waals surface area contributed by atoms with Crippen molar-refractivity contribution in [3.8, 4) is 0 Å². The lowest BCUT2D eigenvalue weighted by molar-refractivity contribution is -0.126. The van der Waals surface area contributed by atoms with Crippen molar-refractivity contribution in [2.24, 2.45) is 0 Å². The maximum Gasteiger partial charge on any atom is 0.217 e. The van der Waals surface area contributed by atoms with Gasteiger partial charge in [0.05, 0.1) is 5.60 Å². The maximum absolute atomic E-state index is 11.0. The summed E-state index contributed by atoms with van der Waals surface area (Å²) < 4.78 is 5.97. The van der Waals surface area contributed by atoms with Crippen molar-refractivity contribution in [1.82, 2.24) is 5.32 Å². The molecule has 3 nitrogen and oxygen atoms in total. The molecule has 1 saturated carbocycles. The number of nitrogens with one attached hydrogen (secondary N) is 1. The first-order chi connectivity index (χ1) is 7.20. The summed E-state index contributed by atoms with van der Waals surface area (Å²) in [6, 6.07) is 0.342. The Bertz CT molecular complexity index is 228. The first kappa shape index (κ1) is 10.9. The summed E-state index contributed by atoms with van der Waals surface area (Å²) >= 11 is 0. The molecule has 1 saturated heterocycles. The van der Waals surface area contributed by atoms with Crippen molar-refractivity contribution in [2.45, 2.75) is 63.5 Å². The van der Waals surface area contributed by atoms with Gasteiger partial charge in [-0.25, -0.2) is 0 Å². The van der Waals surface area contributed by atoms with Crippen LogP contribution in [0.1, 0.15) is 51.9 Å². The fourth-order valence-corrected chi connectivity index (χ4v) is 2.98. The van der Waals surface area contributed by atoms with Gasteiger partial charge in [-0.1, -0.05) is 19.3 Å². The molecule has 2 rings (SSSR count). The Morgan fingerprint density at radius 3 is 2.73 bits per heavy atom. The Kier molecular flexibility index (Phi) is 3.29. The molecule has 0 aromatic heterocycles. The minimum Gasteiger partial charge on any atom is -0.375 e. The second kappa shape index (κ2) is 4.52. The number of hydrogen-bond donors (Lipinski definition) is 1. The summed E-state index contributed by atoms with van der Waals surface area (Å²) in [7, 11) is 0. The van der Waals surface area contributed by atoms with Gasteiger partial charge in [0.15, 0.2) is 0 Å². The van der Waals surface area contributed by atoms with Crippen LogP contribution in [0.25, 0.3) is 0 Å². The van der Waals surface area contributed by atoms with E-state index < -0.39 is 0 Å². The summed E-state index contributed by atoms with van der Waals surface area (Å²) in [4.78, 5) is 11.0. The lowest BCUT2D eigenvalue weighted by atomic mass is 9.78. The van der Waals surface area contributed by atoms with Crippen LogP contribution < -0.4 is 5.32 Å². The monoisotopic (exact) mass is 211 g/mol. The average molecular weight is 211 g/mol. The van der Waals surface area contributed by atoms with E-state index in [-0.39, 0.29) is 11.5 Å². The highest BCUT2D eigenvalue weighted by molar-refractivity contribution is 5.73. The quantitative estimate of drug-likeness (QED) is 0.720. The Labute approximate surface area is 91.6 Å². The van der Waals surface area contributed by atoms with Crippen molar-refractivity contribution in [1.29, 1.82) is 0 Å². The van der Waals surface area contributed by atoms with Crippen LogP contribution in [0.2, 0.25) is 0 Å². The van der Waals surface area contributed by atoms with Crippen molar-refractivity contribution in [2.75, 3.05) is 6.61 Å². The number of rotatable bonds is 1. The minimum atomic E-state index is 0.0906. The number of hydrogen-bond acceptors (Lipinski definition) is 2. The summed E-state index contributed by atoms with van der Waals surface area (Å²) in [6.07, 6.45) is 8.27. The highest BCUT2D eigenvalue weighted by Gasteiger charge is 2.38. The Balaban J connectivity index is 1.93. The molecule has 3 heteroatoms. The van der Waals surface area contributed by atoms with Crippen LogP contribution in [0, 0.1) is 0 Å². The molecular formula is C12H21NO2. The van der Waals surface area contributed by atoms with E-state index in [1.807, 2.05) is 0 Å². The number of carbonyl (C=O) groups is 1. The lowest BCUT2D eigenvalue weighted by Crippen LogP contribution is -2.49. The Hall–Kier alpha value is -0.570. The van der Waals surface area contributed by atoms with Gasteiger partial charge in [0, 0.05) is 19.6 Å². The SMILES string of the molecule is CC(=O)NC1CCOC2(CCCCC2)C1. The Morgan fingerprint density at radius 1 is 1.33 bits per heavy atom. The van der Waals surface area contributed by atoms with Crippen molar-refractivity contribution < 1.29 is 9.53 Å². The molecule has 0 aromatic rings. The Morgan fingerprint density at radius 2 is 2.07 bits per heavy atom. The third-order valence-corrected chi connectivity index (χ3v) is 3.67. The van der Waals surface area contributed by atoms with Gasteiger partial charge in [0.1, 0.15) is 0 Å². The van der Waals surface area contributed by atoms with Crippen LogP contribution in [0.4, 0.5) is 0 Å². The average Bonchev–Trinajstić information content (AvgIpc) is 2.17.